The van der Waals surface area contributed by atoms with Crippen molar-refractivity contribution in [1.29, 1.82) is 0 Å². The molecule has 9 nitrogen and oxygen atoms in total. The number of benzene rings is 3. The van der Waals surface area contributed by atoms with Gasteiger partial charge in [0.15, 0.2) is 21.4 Å². The Kier molecular flexibility index (Phi) is 11.4. The number of aliphatic hydroxyl groups is 1. The number of aryl methyl sites for hydroxylation is 1. The first-order chi connectivity index (χ1) is 23.3. The number of imidazole rings is 1. The number of hydrogen-bond acceptors (Lipinski definition) is 8. The van der Waals surface area contributed by atoms with Gasteiger partial charge >= 0.3 is 12.5 Å². The number of sulfone groups is 1. The first kappa shape index (κ1) is 38.1. The van der Waals surface area contributed by atoms with Gasteiger partial charge in [-0.2, -0.15) is 13.2 Å². The van der Waals surface area contributed by atoms with Crippen LogP contribution >= 0.6 is 0 Å². The molecule has 4 rings (SSSR count). The molecule has 0 atom stereocenters. The minimum absolute atomic E-state index is 0.0221. The standard InChI is InChI=1S/C33H30F7N3O6S/c1-19-42-30(32(35,36)37)17-43(19)27-10-7-21(22-14-26(34)25(18-44)29(16-22)50(4,45)46)13-23(27)15-28(48-31(41-2)11-12-47-3)20-5-8-24(9-6-20)49-33(38,39)40/h5-10,13-17,44H,11-12,18H2,1-4H3/b28-15+,41-31?. The number of nitrogens with zero attached hydrogens (tertiary/aromatic N) is 3. The normalized spacial score (nSPS) is 13.1. The van der Waals surface area contributed by atoms with E-state index in [1.54, 1.807) is 0 Å². The minimum Gasteiger partial charge on any atom is -0.443 e. The molecule has 4 aromatic rings. The summed E-state index contributed by atoms with van der Waals surface area (Å²) in [4.78, 5) is 7.25. The molecule has 0 aliphatic heterocycles. The maximum atomic E-state index is 15.1. The van der Waals surface area contributed by atoms with Crippen LogP contribution in [0.5, 0.6) is 5.75 Å². The summed E-state index contributed by atoms with van der Waals surface area (Å²) < 4.78 is 136. The highest BCUT2D eigenvalue weighted by Gasteiger charge is 2.35. The van der Waals surface area contributed by atoms with Gasteiger partial charge in [-0.3, -0.25) is 4.99 Å². The van der Waals surface area contributed by atoms with E-state index in [9.17, 15) is 39.9 Å². The van der Waals surface area contributed by atoms with E-state index < -0.39 is 56.7 Å². The molecule has 50 heavy (non-hydrogen) atoms. The van der Waals surface area contributed by atoms with Gasteiger partial charge in [0.25, 0.3) is 0 Å². The van der Waals surface area contributed by atoms with Gasteiger partial charge in [-0.25, -0.2) is 17.8 Å². The molecule has 1 N–H and O–H groups in total. The summed E-state index contributed by atoms with van der Waals surface area (Å²) in [5, 5.41) is 9.65. The topological polar surface area (TPSA) is 112 Å². The monoisotopic (exact) mass is 729 g/mol. The van der Waals surface area contributed by atoms with Crippen LogP contribution in [0.3, 0.4) is 0 Å². The lowest BCUT2D eigenvalue weighted by atomic mass is 9.99. The van der Waals surface area contributed by atoms with Gasteiger partial charge in [-0.15, -0.1) is 13.2 Å². The molecule has 0 amide bonds. The molecule has 0 fully saturated rings. The van der Waals surface area contributed by atoms with Crippen LogP contribution < -0.4 is 4.74 Å². The van der Waals surface area contributed by atoms with E-state index >= 15 is 4.39 Å². The van der Waals surface area contributed by atoms with Crippen LogP contribution in [0.25, 0.3) is 28.6 Å². The molecule has 1 heterocycles. The van der Waals surface area contributed by atoms with Crippen LogP contribution in [0.15, 0.2) is 70.7 Å². The number of hydrogen-bond donors (Lipinski definition) is 1. The number of rotatable bonds is 11. The molecule has 0 aliphatic rings. The van der Waals surface area contributed by atoms with Crippen molar-refractivity contribution in [3.05, 3.63) is 94.8 Å². The maximum Gasteiger partial charge on any atom is 0.573 e. The molecule has 1 aromatic heterocycles. The van der Waals surface area contributed by atoms with E-state index in [4.69, 9.17) is 9.47 Å². The lowest BCUT2D eigenvalue weighted by Crippen LogP contribution is -2.17. The average Bonchev–Trinajstić information content (AvgIpc) is 3.43. The third-order valence-corrected chi connectivity index (χ3v) is 8.32. The van der Waals surface area contributed by atoms with Crippen molar-refractivity contribution in [2.24, 2.45) is 4.99 Å². The number of aromatic nitrogens is 2. The Bertz CT molecular complexity index is 2020. The Morgan fingerprint density at radius 1 is 1.02 bits per heavy atom. The predicted octanol–water partition coefficient (Wildman–Crippen LogP) is 7.38. The fourth-order valence-electron chi connectivity index (χ4n) is 4.84. The zero-order valence-electron chi connectivity index (χ0n) is 26.9. The van der Waals surface area contributed by atoms with Gasteiger partial charge in [0.2, 0.25) is 0 Å². The van der Waals surface area contributed by atoms with E-state index in [0.29, 0.717) is 0 Å². The van der Waals surface area contributed by atoms with Gasteiger partial charge in [0.05, 0.1) is 23.8 Å². The Hall–Kier alpha value is -4.74. The van der Waals surface area contributed by atoms with Crippen molar-refractivity contribution in [1.82, 2.24) is 9.55 Å². The molecule has 268 valence electrons. The van der Waals surface area contributed by atoms with E-state index in [-0.39, 0.29) is 58.5 Å². The van der Waals surface area contributed by atoms with E-state index in [1.807, 2.05) is 0 Å². The molecule has 0 spiro atoms. The number of aliphatic imine (C=N–C) groups is 1. The fraction of sp³-hybridized carbons (Fsp3) is 0.273. The summed E-state index contributed by atoms with van der Waals surface area (Å²) in [6, 6.07) is 11.0. The Balaban J connectivity index is 2.01. The van der Waals surface area contributed by atoms with Crippen molar-refractivity contribution < 1.29 is 58.5 Å². The predicted molar refractivity (Wildman–Crippen MR) is 170 cm³/mol. The summed E-state index contributed by atoms with van der Waals surface area (Å²) in [7, 11) is -1.16. The summed E-state index contributed by atoms with van der Waals surface area (Å²) in [6.07, 6.45) is -6.61. The lowest BCUT2D eigenvalue weighted by molar-refractivity contribution is -0.274. The summed E-state index contributed by atoms with van der Waals surface area (Å²) in [5.41, 5.74) is -0.925. The van der Waals surface area contributed by atoms with Gasteiger partial charge in [0.1, 0.15) is 23.2 Å². The number of ether oxygens (including phenoxy) is 3. The van der Waals surface area contributed by atoms with E-state index in [0.717, 1.165) is 41.3 Å². The Morgan fingerprint density at radius 3 is 2.24 bits per heavy atom. The Morgan fingerprint density at radius 2 is 1.70 bits per heavy atom. The molecule has 0 aliphatic carbocycles. The second kappa shape index (κ2) is 15.0. The van der Waals surface area contributed by atoms with E-state index in [2.05, 4.69) is 14.7 Å². The molecular weight excluding hydrogens is 699 g/mol. The highest BCUT2D eigenvalue weighted by atomic mass is 32.2. The third-order valence-electron chi connectivity index (χ3n) is 7.16. The Labute approximate surface area is 282 Å². The van der Waals surface area contributed by atoms with Crippen LogP contribution in [0.2, 0.25) is 0 Å². The molecule has 0 unspecified atom stereocenters. The quantitative estimate of drug-likeness (QED) is 0.0564. The maximum absolute atomic E-state index is 15.1. The van der Waals surface area contributed by atoms with Crippen molar-refractivity contribution in [2.45, 2.75) is 37.4 Å². The summed E-state index contributed by atoms with van der Waals surface area (Å²) >= 11 is 0. The summed E-state index contributed by atoms with van der Waals surface area (Å²) in [6.45, 7) is 0.605. The van der Waals surface area contributed by atoms with Gasteiger partial charge in [-0.1, -0.05) is 6.07 Å². The first-order valence-electron chi connectivity index (χ1n) is 14.5. The first-order valence-corrected chi connectivity index (χ1v) is 16.4. The van der Waals surface area contributed by atoms with Gasteiger partial charge in [-0.05, 0) is 72.7 Å². The molecular formula is C33H30F7N3O6S. The van der Waals surface area contributed by atoms with Crippen LogP contribution in [0.1, 0.15) is 34.6 Å². The van der Waals surface area contributed by atoms with Crippen molar-refractivity contribution in [3.8, 4) is 22.6 Å². The molecule has 0 saturated heterocycles. The van der Waals surface area contributed by atoms with Crippen molar-refractivity contribution in [2.75, 3.05) is 27.0 Å². The molecule has 0 radical (unpaired) electrons. The summed E-state index contributed by atoms with van der Waals surface area (Å²) in [5.74, 6) is -1.51. The highest BCUT2D eigenvalue weighted by molar-refractivity contribution is 7.90. The third kappa shape index (κ3) is 9.28. The average molecular weight is 730 g/mol. The molecule has 0 saturated carbocycles. The minimum atomic E-state index is -4.96. The smallest absolute Gasteiger partial charge is 0.443 e. The van der Waals surface area contributed by atoms with Gasteiger partial charge < -0.3 is 23.9 Å². The van der Waals surface area contributed by atoms with Crippen LogP contribution in [0.4, 0.5) is 30.7 Å². The van der Waals surface area contributed by atoms with Crippen molar-refractivity contribution >= 4 is 27.6 Å². The zero-order valence-corrected chi connectivity index (χ0v) is 27.7. The second-order valence-electron chi connectivity index (χ2n) is 10.7. The number of aliphatic hydroxyl groups excluding tert-OH is 1. The zero-order chi connectivity index (χ0) is 37.0. The number of halogens is 7. The van der Waals surface area contributed by atoms with Crippen LogP contribution in [-0.2, 0) is 32.1 Å². The second-order valence-corrected chi connectivity index (χ2v) is 12.7. The number of alkyl halides is 6. The molecule has 0 bridgehead atoms. The van der Waals surface area contributed by atoms with E-state index in [1.165, 1.54) is 57.5 Å². The van der Waals surface area contributed by atoms with Crippen LogP contribution in [0, 0.1) is 12.7 Å². The molecule has 3 aromatic carbocycles. The lowest BCUT2D eigenvalue weighted by Gasteiger charge is -2.17. The largest absolute Gasteiger partial charge is 0.573 e. The fourth-order valence-corrected chi connectivity index (χ4v) is 5.79. The van der Waals surface area contributed by atoms with Gasteiger partial charge in [0, 0.05) is 49.7 Å². The van der Waals surface area contributed by atoms with Crippen LogP contribution in [-0.4, -0.2) is 62.4 Å². The highest BCUT2D eigenvalue weighted by Crippen LogP contribution is 2.35. The van der Waals surface area contributed by atoms with Crippen molar-refractivity contribution in [3.63, 3.8) is 0 Å². The number of methoxy groups -OCH3 is 1. The SMILES string of the molecule is CN=C(CCOC)O/C(=C/c1cc(-c2cc(F)c(CO)c(S(C)(=O)=O)c2)ccc1-n1cc(C(F)(F)F)nc1C)c1ccc(OC(F)(F)F)cc1. The molecule has 17 heteroatoms.